The van der Waals surface area contributed by atoms with Crippen LogP contribution < -0.4 is 10.6 Å². The predicted octanol–water partition coefficient (Wildman–Crippen LogP) is 2.12. The van der Waals surface area contributed by atoms with Crippen molar-refractivity contribution in [3.8, 4) is 6.07 Å². The summed E-state index contributed by atoms with van der Waals surface area (Å²) in [5.74, 6) is 0. The molecule has 0 spiro atoms. The Hall–Kier alpha value is -2.20. The van der Waals surface area contributed by atoms with Gasteiger partial charge in [-0.2, -0.15) is 5.26 Å². The molecule has 3 atom stereocenters. The second kappa shape index (κ2) is 7.81. The van der Waals surface area contributed by atoms with Gasteiger partial charge in [-0.05, 0) is 50.6 Å². The molecule has 2 N–H and O–H groups in total. The molecule has 0 saturated carbocycles. The summed E-state index contributed by atoms with van der Waals surface area (Å²) in [6, 6.07) is 10.4. The van der Waals surface area contributed by atoms with Crippen molar-refractivity contribution >= 4 is 16.6 Å². The van der Waals surface area contributed by atoms with E-state index in [-0.39, 0.29) is 18.2 Å². The Bertz CT molecular complexity index is 848. The van der Waals surface area contributed by atoms with Gasteiger partial charge in [0.2, 0.25) is 0 Å². The minimum absolute atomic E-state index is 0.154. The molecule has 6 nitrogen and oxygen atoms in total. The summed E-state index contributed by atoms with van der Waals surface area (Å²) in [6.45, 7) is 6.79. The van der Waals surface area contributed by atoms with Gasteiger partial charge in [0, 0.05) is 49.5 Å². The summed E-state index contributed by atoms with van der Waals surface area (Å²) in [5, 5.41) is 10.4. The summed E-state index contributed by atoms with van der Waals surface area (Å²) in [6.07, 6.45) is 4.34. The Labute approximate surface area is 160 Å². The van der Waals surface area contributed by atoms with Crippen LogP contribution in [0.2, 0.25) is 0 Å². The predicted molar refractivity (Wildman–Crippen MR) is 107 cm³/mol. The highest BCUT2D eigenvalue weighted by atomic mass is 16.5. The van der Waals surface area contributed by atoms with E-state index in [1.807, 2.05) is 12.1 Å². The molecule has 1 aromatic carbocycles. The van der Waals surface area contributed by atoms with Crippen LogP contribution in [0.5, 0.6) is 0 Å². The Balaban J connectivity index is 1.57. The lowest BCUT2D eigenvalue weighted by atomic mass is 10.0. The second-order valence-electron chi connectivity index (χ2n) is 7.78. The van der Waals surface area contributed by atoms with Gasteiger partial charge in [0.05, 0.1) is 23.3 Å². The van der Waals surface area contributed by atoms with Gasteiger partial charge in [-0.25, -0.2) is 0 Å². The van der Waals surface area contributed by atoms with Crippen molar-refractivity contribution in [3.63, 3.8) is 0 Å². The minimum atomic E-state index is 0.154. The molecule has 2 saturated heterocycles. The zero-order chi connectivity index (χ0) is 18.8. The van der Waals surface area contributed by atoms with Crippen LogP contribution in [0.25, 0.3) is 10.9 Å². The number of piperidine rings is 1. The smallest absolute Gasteiger partial charge is 0.101 e. The maximum atomic E-state index is 9.39. The van der Waals surface area contributed by atoms with Gasteiger partial charge in [0.25, 0.3) is 0 Å². The largest absolute Gasteiger partial charge is 0.370 e. The van der Waals surface area contributed by atoms with Gasteiger partial charge in [0.15, 0.2) is 0 Å². The Morgan fingerprint density at radius 2 is 2.19 bits per heavy atom. The molecule has 6 heteroatoms. The van der Waals surface area contributed by atoms with Crippen molar-refractivity contribution in [1.82, 2.24) is 9.88 Å². The van der Waals surface area contributed by atoms with Crippen LogP contribution in [0.4, 0.5) is 5.69 Å². The molecule has 1 aromatic heterocycles. The molecule has 2 aromatic rings. The first-order chi connectivity index (χ1) is 13.1. The van der Waals surface area contributed by atoms with E-state index in [2.05, 4.69) is 39.9 Å². The molecular weight excluding hydrogens is 338 g/mol. The number of anilines is 1. The number of ether oxygens (including phenoxy) is 1. The Kier molecular flexibility index (Phi) is 5.26. The molecule has 142 valence electrons. The van der Waals surface area contributed by atoms with E-state index in [1.165, 1.54) is 6.42 Å². The molecule has 4 rings (SSSR count). The number of morpholine rings is 1. The number of fused-ring (bicyclic) bond motifs is 1. The van der Waals surface area contributed by atoms with Gasteiger partial charge >= 0.3 is 0 Å². The van der Waals surface area contributed by atoms with E-state index in [9.17, 15) is 5.26 Å². The normalized spacial score (nSPS) is 26.9. The van der Waals surface area contributed by atoms with E-state index in [1.54, 1.807) is 6.20 Å². The monoisotopic (exact) mass is 365 g/mol. The fraction of sp³-hybridized carbons (Fsp3) is 0.524. The number of nitrogens with zero attached hydrogens (tertiary/aromatic N) is 4. The Morgan fingerprint density at radius 3 is 3.00 bits per heavy atom. The minimum Gasteiger partial charge on any atom is -0.370 e. The van der Waals surface area contributed by atoms with Crippen LogP contribution in [0, 0.1) is 11.3 Å². The number of likely N-dealkylation sites (tertiary alicyclic amines) is 1. The SMILES string of the molecule is C[C@@H]1CN(c2ccc(C#N)c3ncccc23)C[C@H](CN2CCC[C@@H](N)C2)O1. The van der Waals surface area contributed by atoms with Crippen LogP contribution >= 0.6 is 0 Å². The molecule has 0 radical (unpaired) electrons. The van der Waals surface area contributed by atoms with Crippen LogP contribution in [0.15, 0.2) is 30.5 Å². The van der Waals surface area contributed by atoms with E-state index >= 15 is 0 Å². The molecule has 0 aliphatic carbocycles. The van der Waals surface area contributed by atoms with Gasteiger partial charge in [-0.1, -0.05) is 0 Å². The first-order valence-electron chi connectivity index (χ1n) is 9.80. The van der Waals surface area contributed by atoms with Crippen LogP contribution in [0.3, 0.4) is 0 Å². The van der Waals surface area contributed by atoms with Crippen molar-refractivity contribution in [2.75, 3.05) is 37.6 Å². The average Bonchev–Trinajstić information content (AvgIpc) is 2.66. The molecule has 0 bridgehead atoms. The number of rotatable bonds is 3. The fourth-order valence-electron chi connectivity index (χ4n) is 4.41. The first kappa shape index (κ1) is 18.2. The van der Waals surface area contributed by atoms with E-state index in [0.717, 1.165) is 55.7 Å². The maximum absolute atomic E-state index is 9.39. The summed E-state index contributed by atoms with van der Waals surface area (Å²) in [4.78, 5) is 9.27. The van der Waals surface area contributed by atoms with Crippen LogP contribution in [-0.4, -0.2) is 60.9 Å². The standard InChI is InChI=1S/C21H27N5O/c1-15-11-26(14-18(27-15)13-25-9-3-4-17(23)12-25)20-7-6-16(10-22)21-19(20)5-2-8-24-21/h2,5-8,15,17-18H,3-4,9,11-14,23H2,1H3/t15-,17-,18+/m1/s1. The van der Waals surface area contributed by atoms with Crippen molar-refractivity contribution in [1.29, 1.82) is 5.26 Å². The number of hydrogen-bond donors (Lipinski definition) is 1. The molecule has 2 aliphatic heterocycles. The van der Waals surface area contributed by atoms with E-state index < -0.39 is 0 Å². The van der Waals surface area contributed by atoms with Crippen LogP contribution in [-0.2, 0) is 4.74 Å². The number of hydrogen-bond acceptors (Lipinski definition) is 6. The van der Waals surface area contributed by atoms with Crippen molar-refractivity contribution in [2.24, 2.45) is 5.73 Å². The summed E-state index contributed by atoms with van der Waals surface area (Å²) in [5.41, 5.74) is 8.66. The summed E-state index contributed by atoms with van der Waals surface area (Å²) in [7, 11) is 0. The highest BCUT2D eigenvalue weighted by molar-refractivity contribution is 5.95. The third kappa shape index (κ3) is 3.91. The van der Waals surface area contributed by atoms with Crippen LogP contribution in [0.1, 0.15) is 25.3 Å². The van der Waals surface area contributed by atoms with E-state index in [0.29, 0.717) is 5.56 Å². The second-order valence-corrected chi connectivity index (χ2v) is 7.78. The highest BCUT2D eigenvalue weighted by Gasteiger charge is 2.29. The van der Waals surface area contributed by atoms with E-state index in [4.69, 9.17) is 10.5 Å². The molecule has 0 amide bonds. The number of aromatic nitrogens is 1. The third-order valence-electron chi connectivity index (χ3n) is 5.54. The number of benzene rings is 1. The zero-order valence-corrected chi connectivity index (χ0v) is 15.8. The maximum Gasteiger partial charge on any atom is 0.101 e. The van der Waals surface area contributed by atoms with Gasteiger partial charge < -0.3 is 15.4 Å². The molecule has 2 fully saturated rings. The molecule has 2 aliphatic rings. The number of nitriles is 1. The quantitative estimate of drug-likeness (QED) is 0.898. The van der Waals surface area contributed by atoms with Crippen molar-refractivity contribution < 1.29 is 4.74 Å². The lowest BCUT2D eigenvalue weighted by molar-refractivity contribution is -0.0351. The Morgan fingerprint density at radius 1 is 1.30 bits per heavy atom. The molecule has 27 heavy (non-hydrogen) atoms. The van der Waals surface area contributed by atoms with Gasteiger partial charge in [-0.3, -0.25) is 9.88 Å². The topological polar surface area (TPSA) is 78.4 Å². The first-order valence-corrected chi connectivity index (χ1v) is 9.80. The number of nitrogens with two attached hydrogens (primary N) is 1. The van der Waals surface area contributed by atoms with Gasteiger partial charge in [-0.15, -0.1) is 0 Å². The lowest BCUT2D eigenvalue weighted by Crippen LogP contribution is -2.53. The lowest BCUT2D eigenvalue weighted by Gasteiger charge is -2.41. The molecule has 3 heterocycles. The third-order valence-corrected chi connectivity index (χ3v) is 5.54. The van der Waals surface area contributed by atoms with Gasteiger partial charge in [0.1, 0.15) is 6.07 Å². The molecule has 0 unspecified atom stereocenters. The fourth-order valence-corrected chi connectivity index (χ4v) is 4.41. The zero-order valence-electron chi connectivity index (χ0n) is 15.8. The number of pyridine rings is 1. The van der Waals surface area contributed by atoms with Crippen molar-refractivity contribution in [2.45, 2.75) is 38.0 Å². The highest BCUT2D eigenvalue weighted by Crippen LogP contribution is 2.30. The molecular formula is C21H27N5O. The summed E-state index contributed by atoms with van der Waals surface area (Å²) < 4.78 is 6.24. The average molecular weight is 365 g/mol. The summed E-state index contributed by atoms with van der Waals surface area (Å²) >= 11 is 0. The van der Waals surface area contributed by atoms with Crippen molar-refractivity contribution in [3.05, 3.63) is 36.0 Å².